The average molecular weight is 940 g/mol. The summed E-state index contributed by atoms with van der Waals surface area (Å²) in [6.45, 7) is -0.346. The molecular weight excluding hydrogens is 906 g/mol. The first-order valence-corrected chi connectivity index (χ1v) is 20.6. The Hall–Kier alpha value is -7.13. The molecule has 0 unspecified atom stereocenters. The molecule has 9 rings (SSSR count). The van der Waals surface area contributed by atoms with Gasteiger partial charge in [0.15, 0.2) is 23.1 Å². The van der Waals surface area contributed by atoms with Crippen molar-refractivity contribution in [2.24, 2.45) is 0 Å². The molecule has 2 amide bonds. The summed E-state index contributed by atoms with van der Waals surface area (Å²) in [6, 6.07) is 7.41. The Morgan fingerprint density at radius 2 is 1.19 bits per heavy atom. The number of rotatable bonds is 11. The van der Waals surface area contributed by atoms with E-state index in [0.717, 1.165) is 30.5 Å². The van der Waals surface area contributed by atoms with Crippen LogP contribution in [0.2, 0.25) is 0 Å². The fraction of sp³-hybridized carbons (Fsp3) is 0.302. The van der Waals surface area contributed by atoms with Crippen molar-refractivity contribution in [3.8, 4) is 11.5 Å². The zero-order chi connectivity index (χ0) is 48.2. The van der Waals surface area contributed by atoms with E-state index in [9.17, 15) is 54.8 Å². The average Bonchev–Trinajstić information content (AvgIpc) is 4.24. The molecule has 14 nitrogen and oxygen atoms in total. The molecule has 0 bridgehead atoms. The van der Waals surface area contributed by atoms with Gasteiger partial charge in [-0.25, -0.2) is 40.0 Å². The number of nitrogens with zero attached hydrogens (tertiary/aromatic N) is 4. The summed E-state index contributed by atoms with van der Waals surface area (Å²) in [5, 5.41) is -0.598. The van der Waals surface area contributed by atoms with Crippen molar-refractivity contribution < 1.29 is 72.8 Å². The Morgan fingerprint density at radius 1 is 0.716 bits per heavy atom. The summed E-state index contributed by atoms with van der Waals surface area (Å²) < 4.78 is 130. The SMILES string of the molecule is COc1c(F)c(F)cc2c(=O)c(C(=O)OB(F)F)cn(C3CC3)c12.COc1c(N2CCC/C(=C(\F)CN3C(=O)c4ccccc4C3=O)C2)c(F)cc2c(=O)c(C(=O)OB(F)F)cn(C3CC3)c12. The van der Waals surface area contributed by atoms with Gasteiger partial charge in [-0.3, -0.25) is 24.1 Å². The van der Waals surface area contributed by atoms with Gasteiger partial charge in [-0.2, -0.15) is 4.39 Å². The van der Waals surface area contributed by atoms with Crippen LogP contribution in [0.5, 0.6) is 11.5 Å². The summed E-state index contributed by atoms with van der Waals surface area (Å²) in [4.78, 5) is 77.4. The summed E-state index contributed by atoms with van der Waals surface area (Å²) in [5.41, 5.74) is -2.60. The standard InChI is InChI=1S/C29H24BF4N3O6.C14H10BF4NO4/c1-42-26-23-19(25(38)20(29(41)43-30(33)34)13-36(23)16-8-9-16)11-21(31)24(26)35-10-4-5-15(12-35)22(32)14-37-27(39)17-6-2-3-7-18(17)28(37)40;1-23-13-10(17)9(16)4-7-11(13)20(6-2-3-6)5-8(12(7)21)14(22)24-15(18)19/h2-3,6-7,11,13,16H,4-5,8-10,12,14H2,1H3;4-6H,2-3H2,1H3/b22-15+;. The molecule has 348 valence electrons. The van der Waals surface area contributed by atoms with Gasteiger partial charge < -0.3 is 32.8 Å². The molecule has 3 fully saturated rings. The second-order valence-corrected chi connectivity index (χ2v) is 15.9. The second kappa shape index (κ2) is 18.3. The highest BCUT2D eigenvalue weighted by atomic mass is 19.2. The van der Waals surface area contributed by atoms with E-state index in [4.69, 9.17) is 9.47 Å². The maximum absolute atomic E-state index is 15.8. The van der Waals surface area contributed by atoms with Crippen LogP contribution in [0.25, 0.3) is 21.8 Å². The Balaban J connectivity index is 0.000000214. The third-order valence-corrected chi connectivity index (χ3v) is 11.6. The van der Waals surface area contributed by atoms with Crippen molar-refractivity contribution >= 4 is 66.2 Å². The zero-order valence-corrected chi connectivity index (χ0v) is 35.2. The van der Waals surface area contributed by atoms with E-state index in [1.807, 2.05) is 0 Å². The molecule has 3 aromatic carbocycles. The van der Waals surface area contributed by atoms with Crippen molar-refractivity contribution in [3.05, 3.63) is 120 Å². The normalized spacial score (nSPS) is 16.4. The number of hydrogen-bond donors (Lipinski definition) is 0. The number of hydrogen-bond acceptors (Lipinski definition) is 11. The predicted molar refractivity (Wildman–Crippen MR) is 224 cm³/mol. The van der Waals surface area contributed by atoms with Crippen LogP contribution in [0, 0.1) is 17.5 Å². The number of carbonyl (C=O) groups is 4. The highest BCUT2D eigenvalue weighted by Gasteiger charge is 2.38. The quantitative estimate of drug-likeness (QED) is 0.0740. The van der Waals surface area contributed by atoms with Gasteiger partial charge >= 0.3 is 26.9 Å². The van der Waals surface area contributed by atoms with Gasteiger partial charge in [0, 0.05) is 37.6 Å². The van der Waals surface area contributed by atoms with Crippen molar-refractivity contribution in [1.82, 2.24) is 14.0 Å². The number of methoxy groups -OCH3 is 2. The highest BCUT2D eigenvalue weighted by Crippen LogP contribution is 2.45. The van der Waals surface area contributed by atoms with Crippen LogP contribution in [0.4, 0.5) is 40.5 Å². The van der Waals surface area contributed by atoms with Crippen LogP contribution in [-0.4, -0.2) is 86.6 Å². The first kappa shape index (κ1) is 46.4. The van der Waals surface area contributed by atoms with Gasteiger partial charge in [0.2, 0.25) is 16.7 Å². The number of benzene rings is 3. The number of piperidine rings is 1. The minimum absolute atomic E-state index is 0.0301. The maximum atomic E-state index is 15.8. The van der Waals surface area contributed by atoms with Crippen LogP contribution >= 0.6 is 0 Å². The van der Waals surface area contributed by atoms with Crippen molar-refractivity contribution in [3.63, 3.8) is 0 Å². The van der Waals surface area contributed by atoms with Gasteiger partial charge in [-0.15, -0.1) is 0 Å². The van der Waals surface area contributed by atoms with E-state index in [2.05, 4.69) is 9.31 Å². The van der Waals surface area contributed by atoms with Gasteiger partial charge in [-0.1, -0.05) is 12.1 Å². The minimum atomic E-state index is -3.44. The third kappa shape index (κ3) is 8.71. The van der Waals surface area contributed by atoms with Crippen LogP contribution in [-0.2, 0) is 9.31 Å². The highest BCUT2D eigenvalue weighted by molar-refractivity contribution is 6.38. The van der Waals surface area contributed by atoms with Gasteiger partial charge in [-0.05, 0) is 68.4 Å². The third-order valence-electron chi connectivity index (χ3n) is 11.6. The van der Waals surface area contributed by atoms with E-state index in [-0.39, 0.29) is 68.6 Å². The minimum Gasteiger partial charge on any atom is -0.492 e. The number of amides is 2. The second-order valence-electron chi connectivity index (χ2n) is 15.9. The number of pyridine rings is 2. The van der Waals surface area contributed by atoms with Gasteiger partial charge in [0.1, 0.15) is 22.6 Å². The Kier molecular flexibility index (Phi) is 12.7. The molecule has 4 aliphatic rings. The van der Waals surface area contributed by atoms with E-state index in [0.29, 0.717) is 51.1 Å². The molecule has 2 aliphatic heterocycles. The van der Waals surface area contributed by atoms with Gasteiger partial charge in [0.05, 0.1) is 53.7 Å². The molecule has 0 atom stereocenters. The van der Waals surface area contributed by atoms with Crippen LogP contribution in [0.15, 0.2) is 69.8 Å². The van der Waals surface area contributed by atoms with E-state index in [1.165, 1.54) is 28.4 Å². The monoisotopic (exact) mass is 940 g/mol. The molecule has 2 aliphatic carbocycles. The van der Waals surface area contributed by atoms with E-state index >= 15 is 8.78 Å². The molecule has 24 heteroatoms. The first-order valence-electron chi connectivity index (χ1n) is 20.6. The smallest absolute Gasteiger partial charge is 0.492 e. The largest absolute Gasteiger partial charge is 0.798 e. The first-order chi connectivity index (χ1) is 31.9. The topological polar surface area (TPSA) is 156 Å². The number of carbonyl (C=O) groups excluding carboxylic acids is 4. The van der Waals surface area contributed by atoms with E-state index in [1.54, 1.807) is 17.0 Å². The lowest BCUT2D eigenvalue weighted by Crippen LogP contribution is -2.35. The molecule has 1 saturated heterocycles. The number of halogens is 8. The maximum Gasteiger partial charge on any atom is 0.798 e. The fourth-order valence-electron chi connectivity index (χ4n) is 8.33. The lowest BCUT2D eigenvalue weighted by molar-refractivity contribution is 0.0652. The summed E-state index contributed by atoms with van der Waals surface area (Å²) in [7, 11) is -4.45. The molecule has 0 N–H and O–H groups in total. The zero-order valence-electron chi connectivity index (χ0n) is 35.2. The van der Waals surface area contributed by atoms with Crippen LogP contribution in [0.3, 0.4) is 0 Å². The Labute approximate surface area is 373 Å². The van der Waals surface area contributed by atoms with Crippen molar-refractivity contribution in [2.45, 2.75) is 50.6 Å². The molecule has 2 saturated carbocycles. The number of aromatic nitrogens is 2. The molecule has 4 heterocycles. The number of anilines is 1. The number of ether oxygens (including phenoxy) is 2. The Bertz CT molecular complexity index is 3030. The Morgan fingerprint density at radius 3 is 1.66 bits per heavy atom. The number of imide groups is 1. The number of fused-ring (bicyclic) bond motifs is 3. The van der Waals surface area contributed by atoms with E-state index < -0.39 is 96.2 Å². The van der Waals surface area contributed by atoms with Crippen molar-refractivity contribution in [2.75, 3.05) is 38.8 Å². The predicted octanol–water partition coefficient (Wildman–Crippen LogP) is 7.39. The summed E-state index contributed by atoms with van der Waals surface area (Å²) in [6.07, 6.45) is 5.54. The lowest BCUT2D eigenvalue weighted by Gasteiger charge is -2.33. The molecule has 0 spiro atoms. The summed E-state index contributed by atoms with van der Waals surface area (Å²) in [5.74, 6) is -8.98. The van der Waals surface area contributed by atoms with Crippen LogP contribution < -0.4 is 25.2 Å². The fourth-order valence-corrected chi connectivity index (χ4v) is 8.33. The van der Waals surface area contributed by atoms with Crippen molar-refractivity contribution in [1.29, 1.82) is 0 Å². The van der Waals surface area contributed by atoms with Gasteiger partial charge in [0.25, 0.3) is 11.8 Å². The lowest BCUT2D eigenvalue weighted by atomic mass is 10.0. The molecule has 5 aromatic rings. The molecular formula is C43H34B2F8N4O10. The van der Waals surface area contributed by atoms with Crippen LogP contribution in [0.1, 0.15) is 92.0 Å². The molecule has 2 aromatic heterocycles. The molecule has 0 radical (unpaired) electrons. The summed E-state index contributed by atoms with van der Waals surface area (Å²) >= 11 is 0. The molecule has 67 heavy (non-hydrogen) atoms.